The van der Waals surface area contributed by atoms with Gasteiger partial charge in [-0.05, 0) is 32.0 Å². The lowest BCUT2D eigenvalue weighted by Gasteiger charge is -2.22. The number of rotatable bonds is 6. The number of nitrogen functional groups attached to an aromatic ring is 1. The average Bonchev–Trinajstić information content (AvgIpc) is 2.28. The Kier molecular flexibility index (Phi) is 5.62. The van der Waals surface area contributed by atoms with E-state index in [9.17, 15) is 0 Å². The van der Waals surface area contributed by atoms with Crippen LogP contribution in [0.2, 0.25) is 0 Å². The largest absolute Gasteiger partial charge is 0.384 e. The summed E-state index contributed by atoms with van der Waals surface area (Å²) in [4.78, 5) is 2.05. The van der Waals surface area contributed by atoms with Crippen molar-refractivity contribution in [1.29, 1.82) is 5.41 Å². The molecule has 0 heterocycles. The zero-order valence-corrected chi connectivity index (χ0v) is 12.6. The molecule has 3 N–H and O–H groups in total. The Morgan fingerprint density at radius 3 is 2.72 bits per heavy atom. The third-order valence-corrected chi connectivity index (χ3v) is 3.03. The Bertz CT molecular complexity index is 421. The van der Waals surface area contributed by atoms with Gasteiger partial charge in [0.1, 0.15) is 5.84 Å². The van der Waals surface area contributed by atoms with Gasteiger partial charge < -0.3 is 15.4 Å². The molecule has 1 rings (SSSR count). The highest BCUT2D eigenvalue weighted by Gasteiger charge is 2.10. The van der Waals surface area contributed by atoms with Gasteiger partial charge in [0, 0.05) is 29.3 Å². The van der Waals surface area contributed by atoms with E-state index in [-0.39, 0.29) is 11.9 Å². The standard InChI is InChI=1S/C13H20BrN3O/c1-9(2)18-7-6-17(3)12-5-4-10(14)8-11(12)13(15)16/h4-5,8-9H,6-7H2,1-3H3,(H3,15,16). The molecular weight excluding hydrogens is 294 g/mol. The van der Waals surface area contributed by atoms with Crippen molar-refractivity contribution in [2.75, 3.05) is 25.1 Å². The minimum Gasteiger partial charge on any atom is -0.384 e. The van der Waals surface area contributed by atoms with Crippen molar-refractivity contribution >= 4 is 27.5 Å². The molecule has 0 unspecified atom stereocenters. The minimum absolute atomic E-state index is 0.0722. The number of nitrogens with one attached hydrogen (secondary N) is 1. The molecule has 1 aromatic rings. The van der Waals surface area contributed by atoms with Crippen LogP contribution in [0.1, 0.15) is 19.4 Å². The summed E-state index contributed by atoms with van der Waals surface area (Å²) < 4.78 is 6.44. The Hall–Kier alpha value is -1.07. The number of anilines is 1. The van der Waals surface area contributed by atoms with Crippen LogP contribution in [0.3, 0.4) is 0 Å². The molecule has 0 atom stereocenters. The highest BCUT2D eigenvalue weighted by Crippen LogP contribution is 2.23. The number of benzene rings is 1. The summed E-state index contributed by atoms with van der Waals surface area (Å²) in [5.74, 6) is 0.0722. The topological polar surface area (TPSA) is 62.3 Å². The van der Waals surface area contributed by atoms with E-state index in [1.54, 1.807) is 0 Å². The maximum absolute atomic E-state index is 7.61. The van der Waals surface area contributed by atoms with Crippen LogP contribution in [0.15, 0.2) is 22.7 Å². The summed E-state index contributed by atoms with van der Waals surface area (Å²) in [5.41, 5.74) is 7.28. The SMILES string of the molecule is CC(C)OCCN(C)c1ccc(Br)cc1C(=N)N. The van der Waals surface area contributed by atoms with E-state index >= 15 is 0 Å². The number of likely N-dealkylation sites (N-methyl/N-ethyl adjacent to an activating group) is 1. The predicted octanol–water partition coefficient (Wildman–Crippen LogP) is 2.59. The normalized spacial score (nSPS) is 10.7. The van der Waals surface area contributed by atoms with Gasteiger partial charge in [-0.1, -0.05) is 15.9 Å². The van der Waals surface area contributed by atoms with Crippen LogP contribution in [0, 0.1) is 5.41 Å². The van der Waals surface area contributed by atoms with Crippen molar-refractivity contribution in [3.8, 4) is 0 Å². The molecular formula is C13H20BrN3O. The second-order valence-electron chi connectivity index (χ2n) is 4.42. The molecule has 0 fully saturated rings. The quantitative estimate of drug-likeness (QED) is 0.627. The van der Waals surface area contributed by atoms with Crippen LogP contribution in [0.25, 0.3) is 0 Å². The summed E-state index contributed by atoms with van der Waals surface area (Å²) in [6, 6.07) is 5.76. The molecule has 0 saturated heterocycles. The van der Waals surface area contributed by atoms with Crippen molar-refractivity contribution in [3.63, 3.8) is 0 Å². The van der Waals surface area contributed by atoms with Gasteiger partial charge in [-0.25, -0.2) is 0 Å². The molecule has 0 bridgehead atoms. The van der Waals surface area contributed by atoms with Crippen LogP contribution >= 0.6 is 15.9 Å². The number of halogens is 1. The van der Waals surface area contributed by atoms with Gasteiger partial charge in [-0.3, -0.25) is 5.41 Å². The molecule has 0 saturated carbocycles. The Balaban J connectivity index is 2.78. The van der Waals surface area contributed by atoms with Crippen LogP contribution in [0.5, 0.6) is 0 Å². The summed E-state index contributed by atoms with van der Waals surface area (Å²) in [5, 5.41) is 7.61. The van der Waals surface area contributed by atoms with E-state index in [2.05, 4.69) is 15.9 Å². The second kappa shape index (κ2) is 6.75. The summed E-state index contributed by atoms with van der Waals surface area (Å²) in [6.45, 7) is 5.45. The number of ether oxygens (including phenoxy) is 1. The number of amidine groups is 1. The smallest absolute Gasteiger partial charge is 0.124 e. The predicted molar refractivity (Wildman–Crippen MR) is 79.5 cm³/mol. The Morgan fingerprint density at radius 2 is 2.17 bits per heavy atom. The summed E-state index contributed by atoms with van der Waals surface area (Å²) >= 11 is 3.39. The fourth-order valence-corrected chi connectivity index (χ4v) is 1.96. The third kappa shape index (κ3) is 4.31. The zero-order chi connectivity index (χ0) is 13.7. The monoisotopic (exact) mass is 313 g/mol. The van der Waals surface area contributed by atoms with Gasteiger partial charge >= 0.3 is 0 Å². The van der Waals surface area contributed by atoms with Crippen LogP contribution in [-0.2, 0) is 4.74 Å². The molecule has 5 heteroatoms. The maximum atomic E-state index is 7.61. The third-order valence-electron chi connectivity index (χ3n) is 2.54. The van der Waals surface area contributed by atoms with Gasteiger partial charge in [0.05, 0.1) is 12.7 Å². The summed E-state index contributed by atoms with van der Waals surface area (Å²) in [7, 11) is 1.97. The van der Waals surface area contributed by atoms with Crippen LogP contribution in [0.4, 0.5) is 5.69 Å². The molecule has 0 aromatic heterocycles. The van der Waals surface area contributed by atoms with Crippen molar-refractivity contribution in [3.05, 3.63) is 28.2 Å². The molecule has 0 amide bonds. The van der Waals surface area contributed by atoms with Gasteiger partial charge in [0.15, 0.2) is 0 Å². The summed E-state index contributed by atoms with van der Waals surface area (Å²) in [6.07, 6.45) is 0.232. The van der Waals surface area contributed by atoms with E-state index < -0.39 is 0 Å². The van der Waals surface area contributed by atoms with E-state index in [0.29, 0.717) is 6.61 Å². The minimum atomic E-state index is 0.0722. The maximum Gasteiger partial charge on any atom is 0.124 e. The Labute approximate surface area is 117 Å². The first-order valence-corrected chi connectivity index (χ1v) is 6.67. The fourth-order valence-electron chi connectivity index (χ4n) is 1.60. The lowest BCUT2D eigenvalue weighted by molar-refractivity contribution is 0.0846. The van der Waals surface area contributed by atoms with E-state index in [0.717, 1.165) is 22.3 Å². The lowest BCUT2D eigenvalue weighted by atomic mass is 10.1. The number of nitrogens with two attached hydrogens (primary N) is 1. The van der Waals surface area contributed by atoms with E-state index in [1.807, 2.05) is 44.0 Å². The molecule has 0 radical (unpaired) electrons. The first kappa shape index (κ1) is 15.0. The van der Waals surface area contributed by atoms with Gasteiger partial charge in [-0.15, -0.1) is 0 Å². The molecule has 18 heavy (non-hydrogen) atoms. The van der Waals surface area contributed by atoms with Gasteiger partial charge in [0.25, 0.3) is 0 Å². The van der Waals surface area contributed by atoms with Crippen molar-refractivity contribution < 1.29 is 4.74 Å². The highest BCUT2D eigenvalue weighted by atomic mass is 79.9. The van der Waals surface area contributed by atoms with E-state index in [1.165, 1.54) is 0 Å². The molecule has 1 aromatic carbocycles. The number of nitrogens with zero attached hydrogens (tertiary/aromatic N) is 1. The second-order valence-corrected chi connectivity index (χ2v) is 5.33. The molecule has 100 valence electrons. The van der Waals surface area contributed by atoms with Crippen molar-refractivity contribution in [2.45, 2.75) is 20.0 Å². The molecule has 0 aliphatic heterocycles. The van der Waals surface area contributed by atoms with Crippen LogP contribution < -0.4 is 10.6 Å². The fraction of sp³-hybridized carbons (Fsp3) is 0.462. The molecule has 0 aliphatic rings. The highest BCUT2D eigenvalue weighted by molar-refractivity contribution is 9.10. The van der Waals surface area contributed by atoms with Gasteiger partial charge in [0.2, 0.25) is 0 Å². The number of hydrogen-bond acceptors (Lipinski definition) is 3. The van der Waals surface area contributed by atoms with Crippen LogP contribution in [-0.4, -0.2) is 32.1 Å². The first-order chi connectivity index (χ1) is 8.41. The average molecular weight is 314 g/mol. The van der Waals surface area contributed by atoms with Crippen molar-refractivity contribution in [2.24, 2.45) is 5.73 Å². The molecule has 0 spiro atoms. The molecule has 4 nitrogen and oxygen atoms in total. The lowest BCUT2D eigenvalue weighted by Crippen LogP contribution is -2.26. The van der Waals surface area contributed by atoms with Gasteiger partial charge in [-0.2, -0.15) is 0 Å². The first-order valence-electron chi connectivity index (χ1n) is 5.88. The molecule has 0 aliphatic carbocycles. The Morgan fingerprint density at radius 1 is 1.50 bits per heavy atom. The van der Waals surface area contributed by atoms with Crippen molar-refractivity contribution in [1.82, 2.24) is 0 Å². The zero-order valence-electron chi connectivity index (χ0n) is 11.0. The number of hydrogen-bond donors (Lipinski definition) is 2. The van der Waals surface area contributed by atoms with E-state index in [4.69, 9.17) is 15.9 Å².